The van der Waals surface area contributed by atoms with Gasteiger partial charge in [-0.05, 0) is 31.2 Å². The summed E-state index contributed by atoms with van der Waals surface area (Å²) >= 11 is 11.7. The van der Waals surface area contributed by atoms with Crippen LogP contribution in [0.5, 0.6) is 0 Å². The van der Waals surface area contributed by atoms with Crippen LogP contribution in [0.2, 0.25) is 10.0 Å². The van der Waals surface area contributed by atoms with Gasteiger partial charge < -0.3 is 14.6 Å². The normalized spacial score (nSPS) is 19.2. The zero-order valence-electron chi connectivity index (χ0n) is 15.4. The number of alkyl halides is 6. The number of oxime groups is 1. The molecule has 168 valence electrons. The predicted octanol–water partition coefficient (Wildman–Crippen LogP) is 5.77. The van der Waals surface area contributed by atoms with Crippen LogP contribution in [0.3, 0.4) is 0 Å². The molecule has 0 saturated carbocycles. The molecule has 2 aromatic rings. The summed E-state index contributed by atoms with van der Waals surface area (Å²) in [6.07, 6.45) is -10.4. The quantitative estimate of drug-likeness (QED) is 0.555. The van der Waals surface area contributed by atoms with Crippen LogP contribution in [0.4, 0.5) is 26.3 Å². The van der Waals surface area contributed by atoms with E-state index in [1.807, 2.05) is 0 Å². The van der Waals surface area contributed by atoms with Crippen LogP contribution < -0.4 is 5.32 Å². The first-order chi connectivity index (χ1) is 14.2. The second-order valence-electron chi connectivity index (χ2n) is 6.67. The third kappa shape index (κ3) is 4.77. The number of amides is 1. The summed E-state index contributed by atoms with van der Waals surface area (Å²) in [5.74, 6) is -1.46. The first-order valence-corrected chi connectivity index (χ1v) is 9.21. The maximum Gasteiger partial charge on any atom is 0.435 e. The molecule has 0 aliphatic carbocycles. The first-order valence-electron chi connectivity index (χ1n) is 8.46. The van der Waals surface area contributed by atoms with E-state index in [0.29, 0.717) is 0 Å². The summed E-state index contributed by atoms with van der Waals surface area (Å²) < 4.78 is 84.1. The summed E-state index contributed by atoms with van der Waals surface area (Å²) in [7, 11) is 0. The molecule has 1 aromatic heterocycles. The summed E-state index contributed by atoms with van der Waals surface area (Å²) in [5.41, 5.74) is -3.90. The minimum Gasteiger partial charge on any atom is -0.459 e. The standard InChI is InChI=1S/C18H12Cl2F6N2O3/c1-8-12(15(29)27-7-17(21,22)23)5-14(30-8)13-6-16(31-28-13,18(24,25)26)9-2-10(19)4-11(20)3-9/h2-5H,6-7H2,1H3,(H,27,29). The molecule has 5 nitrogen and oxygen atoms in total. The van der Waals surface area contributed by atoms with Gasteiger partial charge in [-0.25, -0.2) is 0 Å². The number of nitrogens with zero attached hydrogens (tertiary/aromatic N) is 1. The Balaban J connectivity index is 1.90. The Labute approximate surface area is 180 Å². The van der Waals surface area contributed by atoms with Crippen molar-refractivity contribution in [1.29, 1.82) is 0 Å². The van der Waals surface area contributed by atoms with E-state index >= 15 is 0 Å². The lowest BCUT2D eigenvalue weighted by Crippen LogP contribution is -2.42. The molecular weight excluding hydrogens is 477 g/mol. The van der Waals surface area contributed by atoms with E-state index in [9.17, 15) is 31.1 Å². The molecule has 1 atom stereocenters. The number of halogens is 8. The van der Waals surface area contributed by atoms with Crippen LogP contribution in [-0.2, 0) is 10.4 Å². The van der Waals surface area contributed by atoms with Crippen molar-refractivity contribution in [2.24, 2.45) is 5.16 Å². The fraction of sp³-hybridized carbons (Fsp3) is 0.333. The van der Waals surface area contributed by atoms with Crippen LogP contribution in [-0.4, -0.2) is 30.5 Å². The van der Waals surface area contributed by atoms with Gasteiger partial charge in [-0.15, -0.1) is 0 Å². The van der Waals surface area contributed by atoms with Gasteiger partial charge >= 0.3 is 12.4 Å². The van der Waals surface area contributed by atoms with Crippen LogP contribution in [0.15, 0.2) is 33.8 Å². The maximum absolute atomic E-state index is 14.0. The Morgan fingerprint density at radius 3 is 2.29 bits per heavy atom. The number of benzene rings is 1. The lowest BCUT2D eigenvalue weighted by molar-refractivity contribution is -0.275. The fourth-order valence-corrected chi connectivity index (χ4v) is 3.47. The zero-order chi connectivity index (χ0) is 23.2. The van der Waals surface area contributed by atoms with Crippen molar-refractivity contribution in [3.63, 3.8) is 0 Å². The maximum atomic E-state index is 14.0. The van der Waals surface area contributed by atoms with Gasteiger partial charge in [-0.2, -0.15) is 26.3 Å². The third-order valence-corrected chi connectivity index (χ3v) is 4.85. The van der Waals surface area contributed by atoms with Crippen molar-refractivity contribution in [2.75, 3.05) is 6.54 Å². The Hall–Kier alpha value is -2.40. The molecule has 0 fully saturated rings. The minimum absolute atomic E-state index is 0.0550. The van der Waals surface area contributed by atoms with Gasteiger partial charge in [0.15, 0.2) is 5.76 Å². The van der Waals surface area contributed by atoms with Crippen LogP contribution in [0.1, 0.15) is 33.9 Å². The van der Waals surface area contributed by atoms with E-state index in [4.69, 9.17) is 32.5 Å². The Morgan fingerprint density at radius 1 is 1.13 bits per heavy atom. The van der Waals surface area contributed by atoms with Crippen LogP contribution in [0, 0.1) is 6.92 Å². The second-order valence-corrected chi connectivity index (χ2v) is 7.54. The molecule has 0 radical (unpaired) electrons. The van der Waals surface area contributed by atoms with Gasteiger partial charge in [-0.3, -0.25) is 4.79 Å². The van der Waals surface area contributed by atoms with Gasteiger partial charge in [0.25, 0.3) is 11.5 Å². The molecule has 0 bridgehead atoms. The molecular formula is C18H12Cl2F6N2O3. The topological polar surface area (TPSA) is 63.8 Å². The highest BCUT2D eigenvalue weighted by Crippen LogP contribution is 2.49. The van der Waals surface area contributed by atoms with E-state index < -0.39 is 42.4 Å². The van der Waals surface area contributed by atoms with Gasteiger partial charge in [0.2, 0.25) is 0 Å². The molecule has 1 aliphatic rings. The number of nitrogens with one attached hydrogen (secondary N) is 1. The van der Waals surface area contributed by atoms with E-state index in [2.05, 4.69) is 5.16 Å². The van der Waals surface area contributed by atoms with Crippen LogP contribution in [0.25, 0.3) is 0 Å². The molecule has 1 aromatic carbocycles. The highest BCUT2D eigenvalue weighted by atomic mass is 35.5. The molecule has 1 aliphatic heterocycles. The van der Waals surface area contributed by atoms with Crippen LogP contribution >= 0.6 is 23.2 Å². The van der Waals surface area contributed by atoms with Gasteiger partial charge in [0.1, 0.15) is 18.0 Å². The predicted molar refractivity (Wildman–Crippen MR) is 98.3 cm³/mol. The van der Waals surface area contributed by atoms with E-state index in [1.165, 1.54) is 13.0 Å². The second kappa shape index (κ2) is 7.94. The minimum atomic E-state index is -4.94. The number of furan rings is 1. The number of rotatable bonds is 4. The Morgan fingerprint density at radius 2 is 1.74 bits per heavy atom. The highest BCUT2D eigenvalue weighted by molar-refractivity contribution is 6.34. The van der Waals surface area contributed by atoms with E-state index in [-0.39, 0.29) is 32.8 Å². The van der Waals surface area contributed by atoms with Gasteiger partial charge in [0.05, 0.1) is 12.0 Å². The summed E-state index contributed by atoms with van der Waals surface area (Å²) in [6, 6.07) is 4.31. The molecule has 0 saturated heterocycles. The number of carbonyl (C=O) groups is 1. The number of hydrogen-bond donors (Lipinski definition) is 1. The SMILES string of the molecule is Cc1oc(C2=NOC(c3cc(Cl)cc(Cl)c3)(C(F)(F)F)C2)cc1C(=O)NCC(F)(F)F. The molecule has 13 heteroatoms. The zero-order valence-corrected chi connectivity index (χ0v) is 16.9. The number of hydrogen-bond acceptors (Lipinski definition) is 4. The number of aryl methyl sites for hydroxylation is 1. The monoisotopic (exact) mass is 488 g/mol. The lowest BCUT2D eigenvalue weighted by atomic mass is 9.87. The average Bonchev–Trinajstić information content (AvgIpc) is 3.22. The average molecular weight is 489 g/mol. The van der Waals surface area contributed by atoms with Crippen molar-refractivity contribution in [3.8, 4) is 0 Å². The molecule has 1 amide bonds. The van der Waals surface area contributed by atoms with E-state index in [0.717, 1.165) is 18.2 Å². The third-order valence-electron chi connectivity index (χ3n) is 4.41. The van der Waals surface area contributed by atoms with Crippen molar-refractivity contribution in [2.45, 2.75) is 31.3 Å². The molecule has 1 N–H and O–H groups in total. The van der Waals surface area contributed by atoms with E-state index in [1.54, 1.807) is 5.32 Å². The first kappa shape index (κ1) is 23.3. The van der Waals surface area contributed by atoms with Crippen molar-refractivity contribution in [1.82, 2.24) is 5.32 Å². The molecule has 0 spiro atoms. The van der Waals surface area contributed by atoms with Crippen molar-refractivity contribution < 1.29 is 40.4 Å². The smallest absolute Gasteiger partial charge is 0.435 e. The van der Waals surface area contributed by atoms with Crippen molar-refractivity contribution >= 4 is 34.8 Å². The highest BCUT2D eigenvalue weighted by Gasteiger charge is 2.62. The Bertz CT molecular complexity index is 1030. The summed E-state index contributed by atoms with van der Waals surface area (Å²) in [5, 5.41) is 5.01. The molecule has 31 heavy (non-hydrogen) atoms. The molecule has 2 heterocycles. The summed E-state index contributed by atoms with van der Waals surface area (Å²) in [6.45, 7) is -0.307. The fourth-order valence-electron chi connectivity index (χ4n) is 2.95. The van der Waals surface area contributed by atoms with Gasteiger partial charge in [0, 0.05) is 15.6 Å². The largest absolute Gasteiger partial charge is 0.459 e. The summed E-state index contributed by atoms with van der Waals surface area (Å²) in [4.78, 5) is 16.8. The van der Waals surface area contributed by atoms with Gasteiger partial charge in [-0.1, -0.05) is 28.4 Å². The van der Waals surface area contributed by atoms with Crippen molar-refractivity contribution in [3.05, 3.63) is 57.0 Å². The lowest BCUT2D eigenvalue weighted by Gasteiger charge is -2.29. The molecule has 1 unspecified atom stereocenters. The Kier molecular flexibility index (Phi) is 5.96. The molecule has 3 rings (SSSR count). The number of carbonyl (C=O) groups excluding carboxylic acids is 1.